The quantitative estimate of drug-likeness (QED) is 0.503. The second-order valence-corrected chi connectivity index (χ2v) is 8.35. The maximum absolute atomic E-state index is 13.6. The molecule has 2 atom stereocenters. The molecule has 0 amide bonds. The minimum atomic E-state index is -0.427. The van der Waals surface area contributed by atoms with Gasteiger partial charge in [0.2, 0.25) is 5.75 Å². The van der Waals surface area contributed by atoms with Gasteiger partial charge in [0.1, 0.15) is 0 Å². The van der Waals surface area contributed by atoms with Gasteiger partial charge in [-0.15, -0.1) is 0 Å². The number of rotatable bonds is 4. The van der Waals surface area contributed by atoms with Crippen LogP contribution in [-0.2, 0) is 4.79 Å². The van der Waals surface area contributed by atoms with E-state index in [9.17, 15) is 9.90 Å². The first-order valence-corrected chi connectivity index (χ1v) is 11.0. The molecule has 3 aromatic rings. The van der Waals surface area contributed by atoms with E-state index in [0.717, 1.165) is 34.6 Å². The monoisotopic (exact) mass is 442 g/mol. The molecule has 0 saturated heterocycles. The van der Waals surface area contributed by atoms with Crippen LogP contribution in [0, 0.1) is 0 Å². The largest absolute Gasteiger partial charge is 0.502 e. The molecule has 2 aliphatic rings. The third-order valence-electron chi connectivity index (χ3n) is 6.42. The van der Waals surface area contributed by atoms with E-state index >= 15 is 0 Å². The molecule has 0 aromatic heterocycles. The molecule has 33 heavy (non-hydrogen) atoms. The predicted octanol–water partition coefficient (Wildman–Crippen LogP) is 5.39. The van der Waals surface area contributed by atoms with E-state index in [1.54, 1.807) is 12.1 Å². The number of carbonyl (C=O) groups is 1. The van der Waals surface area contributed by atoms with Crippen LogP contribution in [-0.4, -0.2) is 25.1 Å². The number of fused-ring (bicyclic) bond motifs is 1. The summed E-state index contributed by atoms with van der Waals surface area (Å²) in [7, 11) is 2.99. The lowest BCUT2D eigenvalue weighted by atomic mass is 9.78. The summed E-state index contributed by atoms with van der Waals surface area (Å²) in [4.78, 5) is 13.6. The highest BCUT2D eigenvalue weighted by Crippen LogP contribution is 2.47. The molecule has 5 rings (SSSR count). The number of Topliss-reactive ketones (excluding diaryl/α,β-unsaturated/α-hetero) is 1. The zero-order valence-electron chi connectivity index (χ0n) is 18.6. The van der Waals surface area contributed by atoms with Crippen LogP contribution in [0.2, 0.25) is 0 Å². The average Bonchev–Trinajstić information content (AvgIpc) is 3.01. The second kappa shape index (κ2) is 8.54. The van der Waals surface area contributed by atoms with Crippen molar-refractivity contribution in [3.05, 3.63) is 89.1 Å². The number of allylic oxidation sites excluding steroid dienone is 1. The number of ether oxygens (including phenoxy) is 2. The van der Waals surface area contributed by atoms with Crippen molar-refractivity contribution in [3.63, 3.8) is 0 Å². The first-order chi connectivity index (χ1) is 16.1. The Kier molecular flexibility index (Phi) is 5.42. The van der Waals surface area contributed by atoms with Crippen molar-refractivity contribution in [3.8, 4) is 17.2 Å². The Balaban J connectivity index is 1.65. The summed E-state index contributed by atoms with van der Waals surface area (Å²) in [5.74, 6) is 0.728. The Hall–Kier alpha value is -3.93. The number of methoxy groups -OCH3 is 2. The second-order valence-electron chi connectivity index (χ2n) is 8.35. The van der Waals surface area contributed by atoms with Crippen LogP contribution >= 0.6 is 0 Å². The van der Waals surface area contributed by atoms with Crippen molar-refractivity contribution in [2.24, 2.45) is 0 Å². The number of carbonyl (C=O) groups excluding carboxylic acids is 1. The molecule has 0 fully saturated rings. The number of ketones is 1. The summed E-state index contributed by atoms with van der Waals surface area (Å²) in [5.41, 5.74) is 5.37. The highest BCUT2D eigenvalue weighted by atomic mass is 16.5. The molecule has 0 bridgehead atoms. The van der Waals surface area contributed by atoms with Crippen molar-refractivity contribution < 1.29 is 19.4 Å². The van der Waals surface area contributed by atoms with Gasteiger partial charge in [-0.1, -0.05) is 42.5 Å². The van der Waals surface area contributed by atoms with Gasteiger partial charge in [-0.2, -0.15) is 0 Å². The summed E-state index contributed by atoms with van der Waals surface area (Å²) < 4.78 is 10.8. The third kappa shape index (κ3) is 3.78. The number of para-hydroxylation sites is 2. The summed E-state index contributed by atoms with van der Waals surface area (Å²) in [6.07, 6.45) is 1.16. The van der Waals surface area contributed by atoms with E-state index in [2.05, 4.69) is 22.8 Å². The van der Waals surface area contributed by atoms with Crippen molar-refractivity contribution in [1.29, 1.82) is 0 Å². The lowest BCUT2D eigenvalue weighted by Crippen LogP contribution is -2.27. The van der Waals surface area contributed by atoms with E-state index in [-0.39, 0.29) is 17.5 Å². The smallest absolute Gasteiger partial charge is 0.200 e. The molecule has 0 spiro atoms. The molecule has 0 unspecified atom stereocenters. The summed E-state index contributed by atoms with van der Waals surface area (Å²) in [6.45, 7) is 0. The van der Waals surface area contributed by atoms with E-state index in [0.29, 0.717) is 23.5 Å². The van der Waals surface area contributed by atoms with Gasteiger partial charge >= 0.3 is 0 Å². The molecule has 0 radical (unpaired) electrons. The van der Waals surface area contributed by atoms with Gasteiger partial charge in [0.05, 0.1) is 31.6 Å². The molecular formula is C27H26N2O4. The average molecular weight is 443 g/mol. The number of phenolic OH excluding ortho intramolecular Hbond substituents is 1. The van der Waals surface area contributed by atoms with Gasteiger partial charge in [-0.3, -0.25) is 4.79 Å². The predicted molar refractivity (Wildman–Crippen MR) is 128 cm³/mol. The van der Waals surface area contributed by atoms with Gasteiger partial charge in [-0.25, -0.2) is 0 Å². The lowest BCUT2D eigenvalue weighted by molar-refractivity contribution is -0.116. The van der Waals surface area contributed by atoms with Gasteiger partial charge in [0.15, 0.2) is 17.3 Å². The highest BCUT2D eigenvalue weighted by molar-refractivity contribution is 6.01. The Morgan fingerprint density at radius 2 is 1.48 bits per heavy atom. The van der Waals surface area contributed by atoms with Crippen LogP contribution in [0.1, 0.15) is 35.9 Å². The van der Waals surface area contributed by atoms with Gasteiger partial charge in [-0.05, 0) is 47.7 Å². The molecule has 0 saturated carbocycles. The van der Waals surface area contributed by atoms with Crippen LogP contribution in [0.3, 0.4) is 0 Å². The van der Waals surface area contributed by atoms with Crippen LogP contribution in [0.4, 0.5) is 11.4 Å². The summed E-state index contributed by atoms with van der Waals surface area (Å²) in [6, 6.07) is 21.2. The Labute approximate surface area is 192 Å². The number of anilines is 2. The van der Waals surface area contributed by atoms with Crippen LogP contribution in [0.5, 0.6) is 17.2 Å². The van der Waals surface area contributed by atoms with Crippen LogP contribution in [0.15, 0.2) is 78.0 Å². The van der Waals surface area contributed by atoms with Gasteiger partial charge in [0, 0.05) is 17.7 Å². The number of aromatic hydroxyl groups is 1. The molecule has 3 N–H and O–H groups in total. The maximum Gasteiger partial charge on any atom is 0.200 e. The molecule has 6 nitrogen and oxygen atoms in total. The number of phenols is 1. The zero-order valence-corrected chi connectivity index (χ0v) is 18.6. The van der Waals surface area contributed by atoms with Crippen molar-refractivity contribution in [2.75, 3.05) is 24.9 Å². The normalized spacial score (nSPS) is 19.5. The maximum atomic E-state index is 13.6. The zero-order chi connectivity index (χ0) is 22.9. The van der Waals surface area contributed by atoms with Gasteiger partial charge in [0.25, 0.3) is 0 Å². The first-order valence-electron chi connectivity index (χ1n) is 11.0. The third-order valence-corrected chi connectivity index (χ3v) is 6.42. The summed E-state index contributed by atoms with van der Waals surface area (Å²) in [5, 5.41) is 17.5. The molecule has 1 aliphatic carbocycles. The van der Waals surface area contributed by atoms with E-state index in [1.165, 1.54) is 14.2 Å². The molecule has 168 valence electrons. The van der Waals surface area contributed by atoms with E-state index in [4.69, 9.17) is 9.47 Å². The number of hydrogen-bond donors (Lipinski definition) is 3. The Bertz CT molecular complexity index is 1210. The van der Waals surface area contributed by atoms with E-state index < -0.39 is 6.04 Å². The van der Waals surface area contributed by atoms with Crippen molar-refractivity contribution >= 4 is 17.2 Å². The van der Waals surface area contributed by atoms with Crippen molar-refractivity contribution in [1.82, 2.24) is 0 Å². The van der Waals surface area contributed by atoms with Crippen LogP contribution in [0.25, 0.3) is 0 Å². The summed E-state index contributed by atoms with van der Waals surface area (Å²) >= 11 is 0. The number of hydrogen-bond acceptors (Lipinski definition) is 6. The first kappa shape index (κ1) is 20.9. The molecule has 1 aliphatic heterocycles. The lowest BCUT2D eigenvalue weighted by Gasteiger charge is -2.30. The molecule has 1 heterocycles. The minimum Gasteiger partial charge on any atom is -0.502 e. The topological polar surface area (TPSA) is 79.8 Å². The molecule has 6 heteroatoms. The minimum absolute atomic E-state index is 0.0655. The fraction of sp³-hybridized carbons (Fsp3) is 0.222. The molecule has 3 aromatic carbocycles. The molecular weight excluding hydrogens is 416 g/mol. The van der Waals surface area contributed by atoms with Crippen LogP contribution < -0.4 is 20.1 Å². The number of nitrogens with one attached hydrogen (secondary N) is 2. The number of benzene rings is 3. The fourth-order valence-electron chi connectivity index (χ4n) is 4.78. The SMILES string of the molecule is COc1cc([C@H]2Nc3ccccc3NC3=C2C(=O)C[C@@H](c2ccccc2)C3)cc(OC)c1O. The standard InChI is InChI=1S/C27H26N2O4/c1-32-23-14-18(15-24(33-2)27(23)31)26-25-21(28-19-10-6-7-11-20(19)29-26)12-17(13-22(25)30)16-8-4-3-5-9-16/h3-11,14-15,17,26,28-29,31H,12-13H2,1-2H3/t17-,26+/m0/s1. The van der Waals surface area contributed by atoms with Crippen molar-refractivity contribution in [2.45, 2.75) is 24.8 Å². The Morgan fingerprint density at radius 1 is 0.848 bits per heavy atom. The van der Waals surface area contributed by atoms with Gasteiger partial charge < -0.3 is 25.2 Å². The van der Waals surface area contributed by atoms with E-state index in [1.807, 2.05) is 42.5 Å². The Morgan fingerprint density at radius 3 is 2.15 bits per heavy atom. The highest BCUT2D eigenvalue weighted by Gasteiger charge is 2.36. The fourth-order valence-corrected chi connectivity index (χ4v) is 4.78.